The predicted octanol–water partition coefficient (Wildman–Crippen LogP) is 3.45. The summed E-state index contributed by atoms with van der Waals surface area (Å²) in [6.07, 6.45) is -0.989. The van der Waals surface area contributed by atoms with E-state index in [1.54, 1.807) is 33.1 Å². The number of rotatable bonds is 5. The van der Waals surface area contributed by atoms with Gasteiger partial charge in [0.2, 0.25) is 9.70 Å². The molecule has 0 spiro atoms. The van der Waals surface area contributed by atoms with E-state index in [0.29, 0.717) is 11.4 Å². The molecule has 1 atom stereocenters. The van der Waals surface area contributed by atoms with Crippen LogP contribution >= 0.6 is 47.0 Å². The Morgan fingerprint density at radius 2 is 1.83 bits per heavy atom. The molecule has 1 amide bonds. The number of alkyl halides is 3. The number of hydrogen-bond acceptors (Lipinski definition) is 3. The minimum Gasteiger partial charge on any atom is -0.495 e. The summed E-state index contributed by atoms with van der Waals surface area (Å²) in [4.78, 5) is 11.8. The maximum Gasteiger partial charge on any atom is 0.228 e. The standard InChI is InChI=1S/C14H18Cl3N3O2S/c1-8(2)11(21)19-12(14(15,16)17)20-13(23)18-9-6-4-5-7-10(9)22-3/h4-8,12H,1-3H3,(H,19,21)(H2,18,20,23)/t12-/m1/s1. The highest BCUT2D eigenvalue weighted by atomic mass is 35.6. The summed E-state index contributed by atoms with van der Waals surface area (Å²) in [5.41, 5.74) is 0.644. The summed E-state index contributed by atoms with van der Waals surface area (Å²) in [5.74, 6) is 0.0737. The third-order valence-electron chi connectivity index (χ3n) is 2.77. The Labute approximate surface area is 156 Å². The molecule has 128 valence electrons. The third kappa shape index (κ3) is 6.59. The molecule has 0 fully saturated rings. The predicted molar refractivity (Wildman–Crippen MR) is 99.4 cm³/mol. The van der Waals surface area contributed by atoms with Crippen molar-refractivity contribution in [1.82, 2.24) is 10.6 Å². The number of halogens is 3. The number of para-hydroxylation sites is 2. The van der Waals surface area contributed by atoms with Crippen molar-refractivity contribution in [2.24, 2.45) is 5.92 Å². The fourth-order valence-electron chi connectivity index (χ4n) is 1.55. The van der Waals surface area contributed by atoms with Gasteiger partial charge < -0.3 is 20.7 Å². The van der Waals surface area contributed by atoms with Crippen LogP contribution in [-0.2, 0) is 4.79 Å². The molecular weight excluding hydrogens is 381 g/mol. The van der Waals surface area contributed by atoms with E-state index in [2.05, 4.69) is 16.0 Å². The molecule has 1 aromatic rings. The lowest BCUT2D eigenvalue weighted by Gasteiger charge is -2.28. The van der Waals surface area contributed by atoms with Gasteiger partial charge in [-0.1, -0.05) is 60.8 Å². The summed E-state index contributed by atoms with van der Waals surface area (Å²) in [6.45, 7) is 3.46. The number of anilines is 1. The van der Waals surface area contributed by atoms with Crippen LogP contribution in [0.1, 0.15) is 13.8 Å². The van der Waals surface area contributed by atoms with Gasteiger partial charge in [0.05, 0.1) is 12.8 Å². The van der Waals surface area contributed by atoms with E-state index < -0.39 is 9.96 Å². The van der Waals surface area contributed by atoms with Gasteiger partial charge in [0, 0.05) is 5.92 Å². The van der Waals surface area contributed by atoms with Crippen LogP contribution in [0.4, 0.5) is 5.69 Å². The van der Waals surface area contributed by atoms with Crippen LogP contribution in [0.25, 0.3) is 0 Å². The highest BCUT2D eigenvalue weighted by molar-refractivity contribution is 7.80. The number of thiocarbonyl (C=S) groups is 1. The van der Waals surface area contributed by atoms with Crippen LogP contribution in [0.3, 0.4) is 0 Å². The maximum absolute atomic E-state index is 11.8. The summed E-state index contributed by atoms with van der Waals surface area (Å²) < 4.78 is 3.44. The highest BCUT2D eigenvalue weighted by Crippen LogP contribution is 2.29. The van der Waals surface area contributed by atoms with Gasteiger partial charge in [-0.25, -0.2) is 0 Å². The van der Waals surface area contributed by atoms with Crippen LogP contribution in [0.5, 0.6) is 5.75 Å². The van der Waals surface area contributed by atoms with Crippen molar-refractivity contribution >= 4 is 63.7 Å². The number of benzene rings is 1. The van der Waals surface area contributed by atoms with Crippen molar-refractivity contribution in [2.75, 3.05) is 12.4 Å². The molecule has 0 aliphatic rings. The first-order valence-electron chi connectivity index (χ1n) is 6.72. The van der Waals surface area contributed by atoms with Crippen molar-refractivity contribution < 1.29 is 9.53 Å². The molecule has 0 heterocycles. The molecule has 0 unspecified atom stereocenters. The Hall–Kier alpha value is -0.950. The topological polar surface area (TPSA) is 62.4 Å². The quantitative estimate of drug-likeness (QED) is 0.403. The second-order valence-corrected chi connectivity index (χ2v) is 7.71. The Morgan fingerprint density at radius 3 is 2.35 bits per heavy atom. The van der Waals surface area contributed by atoms with Gasteiger partial charge in [-0.3, -0.25) is 4.79 Å². The van der Waals surface area contributed by atoms with E-state index >= 15 is 0 Å². The van der Waals surface area contributed by atoms with Crippen LogP contribution < -0.4 is 20.7 Å². The van der Waals surface area contributed by atoms with E-state index in [1.165, 1.54) is 0 Å². The SMILES string of the molecule is COc1ccccc1NC(=S)N[C@@H](NC(=O)C(C)C)C(Cl)(Cl)Cl. The number of methoxy groups -OCH3 is 1. The number of amides is 1. The number of hydrogen-bond donors (Lipinski definition) is 3. The van der Waals surface area contributed by atoms with Crippen molar-refractivity contribution in [2.45, 2.75) is 23.8 Å². The molecule has 0 bridgehead atoms. The van der Waals surface area contributed by atoms with Crippen molar-refractivity contribution in [1.29, 1.82) is 0 Å². The van der Waals surface area contributed by atoms with Crippen LogP contribution in [0.15, 0.2) is 24.3 Å². The fraction of sp³-hybridized carbons (Fsp3) is 0.429. The van der Waals surface area contributed by atoms with Gasteiger partial charge in [-0.05, 0) is 24.4 Å². The van der Waals surface area contributed by atoms with Gasteiger partial charge in [0.15, 0.2) is 5.11 Å². The number of ether oxygens (including phenoxy) is 1. The largest absolute Gasteiger partial charge is 0.495 e. The lowest BCUT2D eigenvalue weighted by molar-refractivity contribution is -0.124. The van der Waals surface area contributed by atoms with E-state index in [1.807, 2.05) is 12.1 Å². The van der Waals surface area contributed by atoms with Crippen LogP contribution in [0.2, 0.25) is 0 Å². The second-order valence-electron chi connectivity index (χ2n) is 4.94. The molecule has 0 aliphatic carbocycles. The lowest BCUT2D eigenvalue weighted by atomic mass is 10.2. The Morgan fingerprint density at radius 1 is 1.22 bits per heavy atom. The van der Waals surface area contributed by atoms with Gasteiger partial charge >= 0.3 is 0 Å². The summed E-state index contributed by atoms with van der Waals surface area (Å²) in [5, 5.41) is 8.49. The zero-order valence-electron chi connectivity index (χ0n) is 12.8. The molecule has 1 rings (SSSR count). The van der Waals surface area contributed by atoms with E-state index in [0.717, 1.165) is 0 Å². The zero-order chi connectivity index (χ0) is 17.6. The summed E-state index contributed by atoms with van der Waals surface area (Å²) in [7, 11) is 1.55. The van der Waals surface area contributed by atoms with Gasteiger partial charge in [0.1, 0.15) is 11.9 Å². The highest BCUT2D eigenvalue weighted by Gasteiger charge is 2.35. The molecule has 0 saturated carbocycles. The van der Waals surface area contributed by atoms with Crippen molar-refractivity contribution in [3.8, 4) is 5.75 Å². The molecule has 23 heavy (non-hydrogen) atoms. The van der Waals surface area contributed by atoms with E-state index in [4.69, 9.17) is 51.8 Å². The Kier molecular flexibility index (Phi) is 7.67. The molecule has 9 heteroatoms. The molecule has 5 nitrogen and oxygen atoms in total. The Bertz CT molecular complexity index is 564. The van der Waals surface area contributed by atoms with Gasteiger partial charge in [-0.2, -0.15) is 0 Å². The molecule has 3 N–H and O–H groups in total. The average Bonchev–Trinajstić information content (AvgIpc) is 2.45. The number of nitrogens with one attached hydrogen (secondary N) is 3. The number of carbonyl (C=O) groups is 1. The van der Waals surface area contributed by atoms with Crippen molar-refractivity contribution in [3.63, 3.8) is 0 Å². The molecule has 0 radical (unpaired) electrons. The lowest BCUT2D eigenvalue weighted by Crippen LogP contribution is -2.56. The first kappa shape index (κ1) is 20.1. The molecule has 0 saturated heterocycles. The molecular formula is C14H18Cl3N3O2S. The fourth-order valence-corrected chi connectivity index (χ4v) is 2.10. The third-order valence-corrected chi connectivity index (χ3v) is 3.64. The first-order valence-corrected chi connectivity index (χ1v) is 8.27. The second kappa shape index (κ2) is 8.78. The summed E-state index contributed by atoms with van der Waals surface area (Å²) >= 11 is 22.9. The smallest absolute Gasteiger partial charge is 0.228 e. The maximum atomic E-state index is 11.8. The Balaban J connectivity index is 2.79. The molecule has 0 aliphatic heterocycles. The first-order chi connectivity index (χ1) is 10.6. The minimum atomic E-state index is -1.78. The average molecular weight is 399 g/mol. The van der Waals surface area contributed by atoms with Crippen molar-refractivity contribution in [3.05, 3.63) is 24.3 Å². The van der Waals surface area contributed by atoms with Crippen LogP contribution in [0, 0.1) is 5.92 Å². The van der Waals surface area contributed by atoms with E-state index in [9.17, 15) is 4.79 Å². The van der Waals surface area contributed by atoms with Gasteiger partial charge in [-0.15, -0.1) is 0 Å². The normalized spacial score (nSPS) is 12.5. The number of carbonyl (C=O) groups excluding carboxylic acids is 1. The van der Waals surface area contributed by atoms with Gasteiger partial charge in [0.25, 0.3) is 0 Å². The zero-order valence-corrected chi connectivity index (χ0v) is 15.9. The van der Waals surface area contributed by atoms with Crippen LogP contribution in [-0.4, -0.2) is 28.1 Å². The molecule has 1 aromatic carbocycles. The van der Waals surface area contributed by atoms with E-state index in [-0.39, 0.29) is 16.9 Å². The molecule has 0 aromatic heterocycles. The summed E-state index contributed by atoms with van der Waals surface area (Å²) in [6, 6.07) is 7.20. The monoisotopic (exact) mass is 397 g/mol. The minimum absolute atomic E-state index is 0.176.